The van der Waals surface area contributed by atoms with Gasteiger partial charge < -0.3 is 20.4 Å². The first-order chi connectivity index (χ1) is 12.6. The normalized spacial score (nSPS) is 17.7. The van der Waals surface area contributed by atoms with Gasteiger partial charge in [0.15, 0.2) is 0 Å². The molecular formula is C20H22N4O2. The van der Waals surface area contributed by atoms with Crippen molar-refractivity contribution in [3.8, 4) is 16.9 Å². The Labute approximate surface area is 152 Å². The van der Waals surface area contributed by atoms with Crippen molar-refractivity contribution in [2.75, 3.05) is 20.2 Å². The number of aromatic nitrogens is 2. The van der Waals surface area contributed by atoms with Crippen LogP contribution in [0.4, 0.5) is 0 Å². The molecule has 1 fully saturated rings. The van der Waals surface area contributed by atoms with Crippen LogP contribution in [-0.4, -0.2) is 47.0 Å². The summed E-state index contributed by atoms with van der Waals surface area (Å²) >= 11 is 0. The van der Waals surface area contributed by atoms with Crippen LogP contribution in [0.5, 0.6) is 5.75 Å². The maximum atomic E-state index is 12.1. The Morgan fingerprint density at radius 1 is 1.42 bits per heavy atom. The first kappa shape index (κ1) is 16.6. The summed E-state index contributed by atoms with van der Waals surface area (Å²) in [6, 6.07) is 10.0. The molecule has 6 nitrogen and oxygen atoms in total. The van der Waals surface area contributed by atoms with Crippen molar-refractivity contribution >= 4 is 16.9 Å². The molecule has 0 aliphatic carbocycles. The molecule has 1 aliphatic heterocycles. The summed E-state index contributed by atoms with van der Waals surface area (Å²) in [6.07, 6.45) is 5.82. The summed E-state index contributed by atoms with van der Waals surface area (Å²) in [5.74, 6) is 0.318. The number of hydrogen-bond donors (Lipinski definition) is 2. The maximum Gasteiger partial charge on any atom is 0.250 e. The van der Waals surface area contributed by atoms with E-state index in [4.69, 9.17) is 10.5 Å². The van der Waals surface area contributed by atoms with Crippen LogP contribution in [-0.2, 0) is 0 Å². The molecule has 0 saturated carbocycles. The highest BCUT2D eigenvalue weighted by molar-refractivity contribution is 6.10. The quantitative estimate of drug-likeness (QED) is 0.741. The molecule has 3 aromatic rings. The molecule has 134 valence electrons. The Morgan fingerprint density at radius 2 is 2.31 bits per heavy atom. The third kappa shape index (κ3) is 3.04. The zero-order chi connectivity index (χ0) is 18.1. The van der Waals surface area contributed by atoms with Crippen molar-refractivity contribution < 1.29 is 9.53 Å². The molecule has 0 spiro atoms. The molecule has 1 amide bonds. The number of aromatic amines is 1. The molecule has 0 bridgehead atoms. The van der Waals surface area contributed by atoms with Crippen LogP contribution >= 0.6 is 0 Å². The van der Waals surface area contributed by atoms with Gasteiger partial charge in [-0.25, -0.2) is 4.98 Å². The number of rotatable bonds is 5. The minimum Gasteiger partial charge on any atom is -0.492 e. The van der Waals surface area contributed by atoms with Gasteiger partial charge in [-0.15, -0.1) is 0 Å². The number of nitrogens with two attached hydrogens (primary N) is 1. The lowest BCUT2D eigenvalue weighted by Gasteiger charge is -2.20. The molecule has 0 unspecified atom stereocenters. The van der Waals surface area contributed by atoms with E-state index in [0.717, 1.165) is 29.7 Å². The highest BCUT2D eigenvalue weighted by atomic mass is 16.5. The number of benzene rings is 1. The zero-order valence-corrected chi connectivity index (χ0v) is 14.7. The number of nitrogens with one attached hydrogen (secondary N) is 1. The van der Waals surface area contributed by atoms with Crippen molar-refractivity contribution in [3.63, 3.8) is 0 Å². The van der Waals surface area contributed by atoms with Gasteiger partial charge in [-0.2, -0.15) is 0 Å². The van der Waals surface area contributed by atoms with Gasteiger partial charge in [0.25, 0.3) is 0 Å². The molecule has 1 saturated heterocycles. The smallest absolute Gasteiger partial charge is 0.250 e. The van der Waals surface area contributed by atoms with E-state index in [0.29, 0.717) is 29.4 Å². The van der Waals surface area contributed by atoms with Crippen molar-refractivity contribution in [2.24, 2.45) is 5.73 Å². The fourth-order valence-corrected chi connectivity index (χ4v) is 3.63. The van der Waals surface area contributed by atoms with Gasteiger partial charge in [0, 0.05) is 29.4 Å². The SMILES string of the molecule is CN1CCC[C@H]1COc1cccc(-c2cnc3[nH]ccc3c2C(N)=O)c1. The van der Waals surface area contributed by atoms with Crippen molar-refractivity contribution in [1.82, 2.24) is 14.9 Å². The fourth-order valence-electron chi connectivity index (χ4n) is 3.63. The number of likely N-dealkylation sites (N-methyl/N-ethyl adjacent to an activating group) is 1. The van der Waals surface area contributed by atoms with Crippen LogP contribution in [0.15, 0.2) is 42.7 Å². The molecule has 26 heavy (non-hydrogen) atoms. The average Bonchev–Trinajstić information content (AvgIpc) is 3.27. The van der Waals surface area contributed by atoms with Crippen LogP contribution in [0.25, 0.3) is 22.2 Å². The highest BCUT2D eigenvalue weighted by Gasteiger charge is 2.21. The number of hydrogen-bond acceptors (Lipinski definition) is 4. The summed E-state index contributed by atoms with van der Waals surface area (Å²) in [4.78, 5) is 21.8. The number of carbonyl (C=O) groups excluding carboxylic acids is 1. The van der Waals surface area contributed by atoms with Gasteiger partial charge in [0.1, 0.15) is 18.0 Å². The summed E-state index contributed by atoms with van der Waals surface area (Å²) in [7, 11) is 2.13. The van der Waals surface area contributed by atoms with Crippen molar-refractivity contribution in [3.05, 3.63) is 48.3 Å². The van der Waals surface area contributed by atoms with E-state index in [2.05, 4.69) is 21.9 Å². The van der Waals surface area contributed by atoms with Crippen LogP contribution in [0.3, 0.4) is 0 Å². The number of likely N-dealkylation sites (tertiary alicyclic amines) is 1. The second-order valence-corrected chi connectivity index (χ2v) is 6.77. The Balaban J connectivity index is 1.65. The van der Waals surface area contributed by atoms with E-state index in [9.17, 15) is 4.79 Å². The molecule has 4 rings (SSSR count). The molecule has 3 N–H and O–H groups in total. The van der Waals surface area contributed by atoms with Crippen LogP contribution in [0.1, 0.15) is 23.2 Å². The maximum absolute atomic E-state index is 12.1. The van der Waals surface area contributed by atoms with Crippen LogP contribution in [0, 0.1) is 0 Å². The first-order valence-electron chi connectivity index (χ1n) is 8.83. The van der Waals surface area contributed by atoms with Gasteiger partial charge in [-0.1, -0.05) is 12.1 Å². The molecule has 3 heterocycles. The Morgan fingerprint density at radius 3 is 3.08 bits per heavy atom. The monoisotopic (exact) mass is 350 g/mol. The van der Waals surface area contributed by atoms with Crippen molar-refractivity contribution in [2.45, 2.75) is 18.9 Å². The minimum atomic E-state index is -0.467. The third-order valence-electron chi connectivity index (χ3n) is 5.09. The zero-order valence-electron chi connectivity index (χ0n) is 14.7. The number of fused-ring (bicyclic) bond motifs is 1. The van der Waals surface area contributed by atoms with E-state index in [-0.39, 0.29) is 0 Å². The lowest BCUT2D eigenvalue weighted by atomic mass is 9.99. The predicted octanol–water partition coefficient (Wildman–Crippen LogP) is 2.80. The van der Waals surface area contributed by atoms with E-state index in [1.165, 1.54) is 6.42 Å². The van der Waals surface area contributed by atoms with E-state index >= 15 is 0 Å². The number of H-pyrrole nitrogens is 1. The average molecular weight is 350 g/mol. The number of nitrogens with zero attached hydrogens (tertiary/aromatic N) is 2. The van der Waals surface area contributed by atoms with Gasteiger partial charge in [-0.05, 0) is 50.2 Å². The summed E-state index contributed by atoms with van der Waals surface area (Å²) in [6.45, 7) is 1.79. The predicted molar refractivity (Wildman–Crippen MR) is 101 cm³/mol. The molecule has 1 aliphatic rings. The van der Waals surface area contributed by atoms with Gasteiger partial charge in [0.2, 0.25) is 5.91 Å². The van der Waals surface area contributed by atoms with E-state index < -0.39 is 5.91 Å². The Kier molecular flexibility index (Phi) is 4.34. The van der Waals surface area contributed by atoms with E-state index in [1.54, 1.807) is 12.4 Å². The lowest BCUT2D eigenvalue weighted by molar-refractivity contribution is 0.100. The number of pyridine rings is 1. The molecule has 2 aromatic heterocycles. The van der Waals surface area contributed by atoms with Gasteiger partial charge in [0.05, 0.1) is 5.56 Å². The molecule has 1 atom stereocenters. The third-order valence-corrected chi connectivity index (χ3v) is 5.09. The fraction of sp³-hybridized carbons (Fsp3) is 0.300. The Hall–Kier alpha value is -2.86. The number of primary amides is 1. The van der Waals surface area contributed by atoms with Crippen LogP contribution in [0.2, 0.25) is 0 Å². The molecule has 6 heteroatoms. The van der Waals surface area contributed by atoms with Gasteiger partial charge >= 0.3 is 0 Å². The second-order valence-electron chi connectivity index (χ2n) is 6.77. The first-order valence-corrected chi connectivity index (χ1v) is 8.83. The van der Waals surface area contributed by atoms with Crippen molar-refractivity contribution in [1.29, 1.82) is 0 Å². The second kappa shape index (κ2) is 6.80. The molecule has 0 radical (unpaired) electrons. The Bertz CT molecular complexity index is 950. The largest absolute Gasteiger partial charge is 0.492 e. The number of carbonyl (C=O) groups is 1. The molecule has 1 aromatic carbocycles. The summed E-state index contributed by atoms with van der Waals surface area (Å²) < 4.78 is 6.01. The topological polar surface area (TPSA) is 84.2 Å². The molecular weight excluding hydrogens is 328 g/mol. The van der Waals surface area contributed by atoms with E-state index in [1.807, 2.05) is 30.3 Å². The number of amides is 1. The lowest BCUT2D eigenvalue weighted by Crippen LogP contribution is -2.30. The van der Waals surface area contributed by atoms with Crippen LogP contribution < -0.4 is 10.5 Å². The van der Waals surface area contributed by atoms with Gasteiger partial charge in [-0.3, -0.25) is 4.79 Å². The number of ether oxygens (including phenoxy) is 1. The minimum absolute atomic E-state index is 0.456. The standard InChI is InChI=1S/C20H22N4O2/c1-24-9-3-5-14(24)12-26-15-6-2-4-13(10-15)17-11-23-20-16(7-8-22-20)18(17)19(21)25/h2,4,6-8,10-11,14H,3,5,9,12H2,1H3,(H2,21,25)(H,22,23)/t14-/m0/s1. The highest BCUT2D eigenvalue weighted by Crippen LogP contribution is 2.30. The summed E-state index contributed by atoms with van der Waals surface area (Å²) in [5.41, 5.74) is 8.37. The summed E-state index contributed by atoms with van der Waals surface area (Å²) in [5, 5.41) is 0.730.